The lowest BCUT2D eigenvalue weighted by Crippen LogP contribution is -2.11. The maximum Gasteiger partial charge on any atom is 0.163 e. The van der Waals surface area contributed by atoms with Gasteiger partial charge in [0.05, 0.1) is 18.7 Å². The van der Waals surface area contributed by atoms with Gasteiger partial charge in [0.15, 0.2) is 5.82 Å². The van der Waals surface area contributed by atoms with E-state index in [-0.39, 0.29) is 6.04 Å². The van der Waals surface area contributed by atoms with Gasteiger partial charge in [-0.2, -0.15) is 0 Å². The summed E-state index contributed by atoms with van der Waals surface area (Å²) in [4.78, 5) is 13.7. The van der Waals surface area contributed by atoms with E-state index in [1.807, 2.05) is 42.5 Å². The average Bonchev–Trinajstić information content (AvgIpc) is 2.74. The van der Waals surface area contributed by atoms with Crippen LogP contribution in [0.1, 0.15) is 24.1 Å². The molecule has 0 saturated heterocycles. The van der Waals surface area contributed by atoms with Crippen LogP contribution >= 0.6 is 0 Å². The summed E-state index contributed by atoms with van der Waals surface area (Å²) >= 11 is 0. The summed E-state index contributed by atoms with van der Waals surface area (Å²) in [6, 6.07) is 18.1. The number of para-hydroxylation sites is 1. The first-order valence-electron chi connectivity index (χ1n) is 9.24. The van der Waals surface area contributed by atoms with Gasteiger partial charge in [-0.15, -0.1) is 0 Å². The van der Waals surface area contributed by atoms with Crippen LogP contribution in [-0.4, -0.2) is 22.1 Å². The van der Waals surface area contributed by atoms with Crippen molar-refractivity contribution in [2.75, 3.05) is 12.4 Å². The molecule has 5 heteroatoms. The minimum absolute atomic E-state index is 0.00917. The molecule has 0 amide bonds. The van der Waals surface area contributed by atoms with Crippen molar-refractivity contribution >= 4 is 16.7 Å². The van der Waals surface area contributed by atoms with E-state index in [4.69, 9.17) is 14.7 Å². The molecule has 140 valence electrons. The van der Waals surface area contributed by atoms with Gasteiger partial charge >= 0.3 is 0 Å². The second-order valence-corrected chi connectivity index (χ2v) is 6.77. The molecule has 4 aromatic rings. The summed E-state index contributed by atoms with van der Waals surface area (Å²) in [6.07, 6.45) is 3.52. The number of hydrogen-bond donors (Lipinski definition) is 1. The van der Waals surface area contributed by atoms with Gasteiger partial charge in [0, 0.05) is 28.9 Å². The standard InChI is InChI=1S/C23H22N4O/c1-15-10-11-21(28-3)19(13-15)16(2)25-23-18-8-4-5-9-20(18)26-22(27-23)17-7-6-12-24-14-17/h4-14,16H,1-3H3,(H,25,26,27)/t16-/m1/s1. The van der Waals surface area contributed by atoms with E-state index in [1.165, 1.54) is 5.56 Å². The third kappa shape index (κ3) is 3.51. The first kappa shape index (κ1) is 17.9. The van der Waals surface area contributed by atoms with Crippen molar-refractivity contribution in [3.05, 3.63) is 78.1 Å². The molecule has 2 aromatic heterocycles. The zero-order chi connectivity index (χ0) is 19.5. The summed E-state index contributed by atoms with van der Waals surface area (Å²) < 4.78 is 5.56. The Kier molecular flexibility index (Phi) is 4.89. The molecule has 0 fully saturated rings. The number of anilines is 1. The quantitative estimate of drug-likeness (QED) is 0.524. The molecule has 0 aliphatic rings. The van der Waals surface area contributed by atoms with Crippen molar-refractivity contribution in [1.82, 2.24) is 15.0 Å². The van der Waals surface area contributed by atoms with Crippen LogP contribution in [-0.2, 0) is 0 Å². The molecule has 0 bridgehead atoms. The number of ether oxygens (including phenoxy) is 1. The highest BCUT2D eigenvalue weighted by Gasteiger charge is 2.15. The van der Waals surface area contributed by atoms with Crippen LogP contribution in [0.25, 0.3) is 22.3 Å². The number of nitrogens with zero attached hydrogens (tertiary/aromatic N) is 3. The van der Waals surface area contributed by atoms with E-state index in [2.05, 4.69) is 36.3 Å². The van der Waals surface area contributed by atoms with E-state index >= 15 is 0 Å². The van der Waals surface area contributed by atoms with Crippen molar-refractivity contribution in [1.29, 1.82) is 0 Å². The van der Waals surface area contributed by atoms with Crippen LogP contribution in [0.2, 0.25) is 0 Å². The van der Waals surface area contributed by atoms with E-state index < -0.39 is 0 Å². The summed E-state index contributed by atoms with van der Waals surface area (Å²) in [6.45, 7) is 4.19. The molecule has 0 radical (unpaired) electrons. The fourth-order valence-corrected chi connectivity index (χ4v) is 3.29. The minimum Gasteiger partial charge on any atom is -0.496 e. The third-order valence-corrected chi connectivity index (χ3v) is 4.73. The maximum absolute atomic E-state index is 5.56. The second kappa shape index (κ2) is 7.64. The Morgan fingerprint density at radius 1 is 1.00 bits per heavy atom. The number of rotatable bonds is 5. The van der Waals surface area contributed by atoms with Gasteiger partial charge in [-0.05, 0) is 44.2 Å². The van der Waals surface area contributed by atoms with Gasteiger partial charge in [-0.25, -0.2) is 9.97 Å². The van der Waals surface area contributed by atoms with Crippen LogP contribution in [0, 0.1) is 6.92 Å². The van der Waals surface area contributed by atoms with Crippen LogP contribution in [0.3, 0.4) is 0 Å². The molecule has 5 nitrogen and oxygen atoms in total. The largest absolute Gasteiger partial charge is 0.496 e. The fourth-order valence-electron chi connectivity index (χ4n) is 3.29. The molecule has 4 rings (SSSR count). The minimum atomic E-state index is 0.00917. The molecule has 0 aliphatic carbocycles. The van der Waals surface area contributed by atoms with Crippen LogP contribution < -0.4 is 10.1 Å². The van der Waals surface area contributed by atoms with Gasteiger partial charge < -0.3 is 10.1 Å². The fraction of sp³-hybridized carbons (Fsp3) is 0.174. The molecule has 1 atom stereocenters. The molecule has 28 heavy (non-hydrogen) atoms. The molecule has 2 heterocycles. The highest BCUT2D eigenvalue weighted by molar-refractivity contribution is 5.90. The summed E-state index contributed by atoms with van der Waals surface area (Å²) in [5.41, 5.74) is 4.06. The zero-order valence-electron chi connectivity index (χ0n) is 16.2. The Labute approximate surface area is 164 Å². The van der Waals surface area contributed by atoms with Gasteiger partial charge in [0.2, 0.25) is 0 Å². The number of hydrogen-bond acceptors (Lipinski definition) is 5. The normalized spacial score (nSPS) is 12.0. The number of methoxy groups -OCH3 is 1. The van der Waals surface area contributed by atoms with Crippen molar-refractivity contribution in [2.45, 2.75) is 19.9 Å². The first-order chi connectivity index (χ1) is 13.7. The summed E-state index contributed by atoms with van der Waals surface area (Å²) in [7, 11) is 1.70. The Morgan fingerprint density at radius 3 is 2.64 bits per heavy atom. The highest BCUT2D eigenvalue weighted by atomic mass is 16.5. The maximum atomic E-state index is 5.56. The number of aromatic nitrogens is 3. The van der Waals surface area contributed by atoms with Crippen LogP contribution in [0.4, 0.5) is 5.82 Å². The number of fused-ring (bicyclic) bond motifs is 1. The molecular weight excluding hydrogens is 348 g/mol. The molecule has 1 N–H and O–H groups in total. The SMILES string of the molecule is COc1ccc(C)cc1[C@@H](C)Nc1nc(-c2cccnc2)nc2ccccc12. The lowest BCUT2D eigenvalue weighted by molar-refractivity contribution is 0.408. The van der Waals surface area contributed by atoms with Crippen molar-refractivity contribution < 1.29 is 4.74 Å². The number of nitrogens with one attached hydrogen (secondary N) is 1. The Morgan fingerprint density at radius 2 is 1.86 bits per heavy atom. The molecular formula is C23H22N4O. The smallest absolute Gasteiger partial charge is 0.163 e. The van der Waals surface area contributed by atoms with E-state index in [9.17, 15) is 0 Å². The van der Waals surface area contributed by atoms with E-state index in [1.54, 1.807) is 19.5 Å². The number of pyridine rings is 1. The lowest BCUT2D eigenvalue weighted by Gasteiger charge is -2.20. The summed E-state index contributed by atoms with van der Waals surface area (Å²) in [5, 5.41) is 4.54. The number of aryl methyl sites for hydroxylation is 1. The topological polar surface area (TPSA) is 59.9 Å². The molecule has 0 aliphatic heterocycles. The zero-order valence-corrected chi connectivity index (χ0v) is 16.2. The molecule has 0 saturated carbocycles. The predicted molar refractivity (Wildman–Crippen MR) is 113 cm³/mol. The van der Waals surface area contributed by atoms with Gasteiger partial charge in [0.25, 0.3) is 0 Å². The van der Waals surface area contributed by atoms with Gasteiger partial charge in [-0.1, -0.05) is 29.8 Å². The Hall–Kier alpha value is -3.47. The van der Waals surface area contributed by atoms with Crippen molar-refractivity contribution in [2.24, 2.45) is 0 Å². The highest BCUT2D eigenvalue weighted by Crippen LogP contribution is 2.31. The van der Waals surface area contributed by atoms with E-state index in [0.717, 1.165) is 33.6 Å². The Balaban J connectivity index is 1.79. The molecule has 0 unspecified atom stereocenters. The summed E-state index contributed by atoms with van der Waals surface area (Å²) in [5.74, 6) is 2.30. The predicted octanol–water partition coefficient (Wildman–Crippen LogP) is 5.18. The monoisotopic (exact) mass is 370 g/mol. The van der Waals surface area contributed by atoms with Gasteiger partial charge in [0.1, 0.15) is 11.6 Å². The number of benzene rings is 2. The molecule has 2 aromatic carbocycles. The second-order valence-electron chi connectivity index (χ2n) is 6.77. The van der Waals surface area contributed by atoms with Crippen molar-refractivity contribution in [3.63, 3.8) is 0 Å². The lowest BCUT2D eigenvalue weighted by atomic mass is 10.0. The van der Waals surface area contributed by atoms with Crippen molar-refractivity contribution in [3.8, 4) is 17.1 Å². The first-order valence-corrected chi connectivity index (χ1v) is 9.24. The Bertz CT molecular complexity index is 1110. The van der Waals surface area contributed by atoms with Crippen LogP contribution in [0.5, 0.6) is 5.75 Å². The van der Waals surface area contributed by atoms with Gasteiger partial charge in [-0.3, -0.25) is 4.98 Å². The average molecular weight is 370 g/mol. The van der Waals surface area contributed by atoms with Crippen LogP contribution in [0.15, 0.2) is 67.0 Å². The molecule has 0 spiro atoms. The van der Waals surface area contributed by atoms with E-state index in [0.29, 0.717) is 5.82 Å². The third-order valence-electron chi connectivity index (χ3n) is 4.73.